The van der Waals surface area contributed by atoms with Gasteiger partial charge in [0, 0.05) is 0 Å². The molecule has 0 spiro atoms. The summed E-state index contributed by atoms with van der Waals surface area (Å²) < 4.78 is 4.92. The number of carbonyl (C=O) groups is 1. The Morgan fingerprint density at radius 2 is 2.56 bits per heavy atom. The number of carbonyl (C=O) groups excluding carboxylic acids is 1. The van der Waals surface area contributed by atoms with Crippen LogP contribution in [0, 0.1) is 0 Å². The topological polar surface area (TPSA) is 46.5 Å². The van der Waals surface area contributed by atoms with Crippen molar-refractivity contribution < 1.29 is 14.6 Å². The van der Waals surface area contributed by atoms with Crippen molar-refractivity contribution in [2.24, 2.45) is 0 Å². The van der Waals surface area contributed by atoms with E-state index in [1.807, 2.05) is 16.5 Å². The van der Waals surface area contributed by atoms with Gasteiger partial charge in [-0.15, -0.1) is 0 Å². The van der Waals surface area contributed by atoms with Gasteiger partial charge in [-0.2, -0.15) is 0 Å². The van der Waals surface area contributed by atoms with Gasteiger partial charge in [0.05, 0.1) is 0 Å². The maximum atomic E-state index is 10.5. The zero-order valence-corrected chi connectivity index (χ0v) is 6.93. The fraction of sp³-hybridized carbons (Fsp3) is 0.800. The molecule has 0 aromatic carbocycles. The molecule has 1 rings (SSSR count). The number of esters is 1. The van der Waals surface area contributed by atoms with Gasteiger partial charge in [0.1, 0.15) is 0 Å². The molecule has 1 saturated heterocycles. The number of hydrogen-bond acceptors (Lipinski definition) is 3. The molecule has 0 unspecified atom stereocenters. The molecule has 0 aromatic rings. The summed E-state index contributed by atoms with van der Waals surface area (Å²) in [6, 6.07) is 0. The van der Waals surface area contributed by atoms with Crippen molar-refractivity contribution in [3.8, 4) is 0 Å². The Bertz CT molecular complexity index is 125. The molecule has 1 N–H and O–H groups in total. The van der Waals surface area contributed by atoms with E-state index in [1.54, 1.807) is 0 Å². The minimum atomic E-state index is -0.252. The Balaban J connectivity index is 2.47. The summed E-state index contributed by atoms with van der Waals surface area (Å²) in [5.41, 5.74) is 0. The number of rotatable bonds is 1. The molecule has 3 nitrogen and oxygen atoms in total. The van der Waals surface area contributed by atoms with Crippen molar-refractivity contribution in [1.82, 2.24) is 0 Å². The second kappa shape index (κ2) is 2.70. The molecule has 0 aliphatic carbocycles. The normalized spacial score (nSPS) is 34.7. The third kappa shape index (κ3) is 1.46. The molecule has 0 saturated carbocycles. The first-order valence-electron chi connectivity index (χ1n) is 2.75. The van der Waals surface area contributed by atoms with E-state index in [-0.39, 0.29) is 23.4 Å². The third-order valence-electron chi connectivity index (χ3n) is 1.30. The van der Waals surface area contributed by atoms with Crippen molar-refractivity contribution in [1.29, 1.82) is 0 Å². The predicted octanol–water partition coefficient (Wildman–Crippen LogP) is -0.749. The molecule has 1 fully saturated rings. The molecule has 1 aliphatic rings. The van der Waals surface area contributed by atoms with E-state index in [1.165, 1.54) is 0 Å². The SMILES string of the molecule is O=C1C[C@H]([Ge])[C@@H](CO)O1. The first-order chi connectivity index (χ1) is 4.24. The van der Waals surface area contributed by atoms with Crippen molar-refractivity contribution >= 4 is 22.5 Å². The van der Waals surface area contributed by atoms with E-state index >= 15 is 0 Å². The van der Waals surface area contributed by atoms with Gasteiger partial charge in [-0.1, -0.05) is 0 Å². The maximum absolute atomic E-state index is 10.5. The minimum absolute atomic E-state index is 0.0487. The summed E-state index contributed by atoms with van der Waals surface area (Å²) in [7, 11) is 0. The van der Waals surface area contributed by atoms with E-state index in [2.05, 4.69) is 0 Å². The van der Waals surface area contributed by atoms with Crippen LogP contribution in [0.15, 0.2) is 0 Å². The van der Waals surface area contributed by atoms with E-state index in [9.17, 15) is 4.79 Å². The van der Waals surface area contributed by atoms with E-state index in [4.69, 9.17) is 9.84 Å². The Hall–Kier alpha value is -0.0271. The van der Waals surface area contributed by atoms with Crippen molar-refractivity contribution in [3.63, 3.8) is 0 Å². The molecule has 1 heterocycles. The standard InChI is InChI=1S/C5H7GeO3/c6-3-1-5(8)9-4(3)2-7/h3-4,7H,1-2H2/t3-,4+/m0/s1. The van der Waals surface area contributed by atoms with Gasteiger partial charge in [-0.3, -0.25) is 0 Å². The summed E-state index contributed by atoms with van der Waals surface area (Å²) in [4.78, 5) is 10.5. The number of ether oxygens (including phenoxy) is 1. The summed E-state index contributed by atoms with van der Waals surface area (Å²) in [6.45, 7) is -0.0487. The molecular formula is C5H7GeO3. The van der Waals surface area contributed by atoms with Gasteiger partial charge in [-0.25, -0.2) is 0 Å². The molecule has 9 heavy (non-hydrogen) atoms. The average Bonchev–Trinajstić information content (AvgIpc) is 2.10. The zero-order chi connectivity index (χ0) is 6.85. The molecule has 1 aliphatic heterocycles. The summed E-state index contributed by atoms with van der Waals surface area (Å²) in [5, 5.41) is 8.58. The first kappa shape index (κ1) is 7.08. The predicted molar refractivity (Wildman–Crippen MR) is 31.1 cm³/mol. The van der Waals surface area contributed by atoms with Crippen molar-refractivity contribution in [3.05, 3.63) is 0 Å². The zero-order valence-electron chi connectivity index (χ0n) is 4.83. The fourth-order valence-electron chi connectivity index (χ4n) is 0.775. The monoisotopic (exact) mass is 189 g/mol. The Morgan fingerprint density at radius 3 is 2.78 bits per heavy atom. The Kier molecular flexibility index (Phi) is 2.13. The molecule has 3 radical (unpaired) electrons. The van der Waals surface area contributed by atoms with Crippen LogP contribution in [-0.2, 0) is 9.53 Å². The Labute approximate surface area is 61.6 Å². The molecule has 4 heteroatoms. The van der Waals surface area contributed by atoms with Gasteiger partial charge >= 0.3 is 61.0 Å². The van der Waals surface area contributed by atoms with Gasteiger partial charge in [0.2, 0.25) is 0 Å². The third-order valence-corrected chi connectivity index (χ3v) is 2.51. The van der Waals surface area contributed by atoms with Gasteiger partial charge < -0.3 is 0 Å². The molecular weight excluding hydrogens is 181 g/mol. The van der Waals surface area contributed by atoms with Crippen molar-refractivity contribution in [2.45, 2.75) is 17.3 Å². The van der Waals surface area contributed by atoms with Gasteiger partial charge in [-0.05, 0) is 0 Å². The van der Waals surface area contributed by atoms with Crippen LogP contribution in [0.1, 0.15) is 6.42 Å². The number of hydrogen-bond donors (Lipinski definition) is 1. The average molecular weight is 188 g/mol. The quantitative estimate of drug-likeness (QED) is 0.434. The summed E-state index contributed by atoms with van der Waals surface area (Å²) in [6.07, 6.45) is 0.197. The van der Waals surface area contributed by atoms with Crippen LogP contribution >= 0.6 is 0 Å². The molecule has 0 aromatic heterocycles. The van der Waals surface area contributed by atoms with Crippen LogP contribution in [0.4, 0.5) is 0 Å². The van der Waals surface area contributed by atoms with Crippen molar-refractivity contribution in [2.75, 3.05) is 6.61 Å². The van der Waals surface area contributed by atoms with Crippen LogP contribution in [0.2, 0.25) is 4.75 Å². The van der Waals surface area contributed by atoms with Crippen LogP contribution in [0.3, 0.4) is 0 Å². The van der Waals surface area contributed by atoms with Gasteiger partial charge in [0.25, 0.3) is 0 Å². The summed E-state index contributed by atoms with van der Waals surface area (Å²) >= 11 is 1.89. The molecule has 0 bridgehead atoms. The van der Waals surface area contributed by atoms with Crippen LogP contribution < -0.4 is 0 Å². The number of aliphatic hydroxyl groups is 1. The first-order valence-corrected chi connectivity index (χ1v) is 3.96. The van der Waals surface area contributed by atoms with E-state index in [0.717, 1.165) is 0 Å². The van der Waals surface area contributed by atoms with E-state index < -0.39 is 0 Å². The second-order valence-electron chi connectivity index (χ2n) is 2.02. The fourth-order valence-corrected chi connectivity index (χ4v) is 1.49. The number of aliphatic hydroxyl groups excluding tert-OH is 1. The van der Waals surface area contributed by atoms with Crippen LogP contribution in [0.5, 0.6) is 0 Å². The Morgan fingerprint density at radius 1 is 1.89 bits per heavy atom. The second-order valence-corrected chi connectivity index (χ2v) is 3.58. The molecule has 0 amide bonds. The molecule has 49 valence electrons. The summed E-state index contributed by atoms with van der Waals surface area (Å²) in [5.74, 6) is -0.193. The van der Waals surface area contributed by atoms with Crippen LogP contribution in [-0.4, -0.2) is 40.3 Å². The van der Waals surface area contributed by atoms with Gasteiger partial charge in [0.15, 0.2) is 0 Å². The molecule has 2 atom stereocenters. The van der Waals surface area contributed by atoms with E-state index in [0.29, 0.717) is 6.42 Å². The van der Waals surface area contributed by atoms with Crippen LogP contribution in [0.25, 0.3) is 0 Å². The number of cyclic esters (lactones) is 1.